The zero-order valence-electron chi connectivity index (χ0n) is 13.1. The van der Waals surface area contributed by atoms with Crippen LogP contribution in [0.4, 0.5) is 0 Å². The van der Waals surface area contributed by atoms with Crippen molar-refractivity contribution in [2.45, 2.75) is 64.5 Å². The first-order chi connectivity index (χ1) is 9.76. The molecule has 2 rings (SSSR count). The summed E-state index contributed by atoms with van der Waals surface area (Å²) in [7, 11) is 0. The summed E-state index contributed by atoms with van der Waals surface area (Å²) >= 11 is 0. The topological polar surface area (TPSA) is 32.8 Å². The fourth-order valence-electron chi connectivity index (χ4n) is 3.70. The van der Waals surface area contributed by atoms with E-state index < -0.39 is 0 Å². The molecule has 0 N–H and O–H groups in total. The van der Waals surface area contributed by atoms with Crippen LogP contribution in [0.15, 0.2) is 0 Å². The summed E-state index contributed by atoms with van der Waals surface area (Å²) in [4.78, 5) is 17.1. The third-order valence-electron chi connectivity index (χ3n) is 4.78. The molecular formula is C16H30N2O2. The first-order valence-electron chi connectivity index (χ1n) is 8.41. The van der Waals surface area contributed by atoms with Crippen LogP contribution < -0.4 is 0 Å². The molecule has 2 atom stereocenters. The fraction of sp³-hybridized carbons (Fsp3) is 0.938. The predicted molar refractivity (Wildman–Crippen MR) is 80.7 cm³/mol. The molecule has 2 heterocycles. The molecule has 2 fully saturated rings. The number of hydrogen-bond acceptors (Lipinski definition) is 4. The van der Waals surface area contributed by atoms with Crippen LogP contribution >= 0.6 is 0 Å². The number of hydrogen-bond donors (Lipinski definition) is 0. The van der Waals surface area contributed by atoms with Gasteiger partial charge in [0, 0.05) is 12.6 Å². The quantitative estimate of drug-likeness (QED) is 0.724. The van der Waals surface area contributed by atoms with Gasteiger partial charge in [-0.2, -0.15) is 0 Å². The lowest BCUT2D eigenvalue weighted by atomic mass is 10.1. The summed E-state index contributed by atoms with van der Waals surface area (Å²) in [6.45, 7) is 9.10. The Bertz CT molecular complexity index is 303. The van der Waals surface area contributed by atoms with E-state index >= 15 is 0 Å². The highest BCUT2D eigenvalue weighted by atomic mass is 16.5. The van der Waals surface area contributed by atoms with Crippen LogP contribution in [0.3, 0.4) is 0 Å². The van der Waals surface area contributed by atoms with Crippen molar-refractivity contribution in [2.24, 2.45) is 0 Å². The van der Waals surface area contributed by atoms with Gasteiger partial charge in [-0.25, -0.2) is 0 Å². The van der Waals surface area contributed by atoms with Crippen LogP contribution in [0.1, 0.15) is 52.4 Å². The van der Waals surface area contributed by atoms with E-state index in [1.807, 2.05) is 6.92 Å². The van der Waals surface area contributed by atoms with Crippen molar-refractivity contribution in [3.8, 4) is 0 Å². The van der Waals surface area contributed by atoms with Crippen molar-refractivity contribution in [3.63, 3.8) is 0 Å². The van der Waals surface area contributed by atoms with Crippen LogP contribution in [0.2, 0.25) is 0 Å². The van der Waals surface area contributed by atoms with E-state index in [1.54, 1.807) is 0 Å². The maximum atomic E-state index is 12.0. The molecule has 2 aliphatic rings. The minimum atomic E-state index is -0.0349. The summed E-state index contributed by atoms with van der Waals surface area (Å²) in [5.41, 5.74) is 0. The SMILES string of the molecule is CCOC(=O)[C@@H](CC)N1CCC[C@@H](N2CCCC2)CC1. The molecule has 4 nitrogen and oxygen atoms in total. The molecule has 0 unspecified atom stereocenters. The van der Waals surface area contributed by atoms with Gasteiger partial charge in [-0.3, -0.25) is 9.69 Å². The maximum absolute atomic E-state index is 12.0. The fourth-order valence-corrected chi connectivity index (χ4v) is 3.70. The minimum Gasteiger partial charge on any atom is -0.465 e. The third kappa shape index (κ3) is 3.95. The summed E-state index contributed by atoms with van der Waals surface area (Å²) in [6.07, 6.45) is 7.28. The van der Waals surface area contributed by atoms with Crippen LogP contribution in [-0.2, 0) is 9.53 Å². The first-order valence-corrected chi connectivity index (χ1v) is 8.41. The summed E-state index contributed by atoms with van der Waals surface area (Å²) in [5, 5.41) is 0. The highest BCUT2D eigenvalue weighted by molar-refractivity contribution is 5.75. The van der Waals surface area contributed by atoms with Crippen molar-refractivity contribution < 1.29 is 9.53 Å². The second-order valence-electron chi connectivity index (χ2n) is 6.04. The van der Waals surface area contributed by atoms with E-state index in [9.17, 15) is 4.79 Å². The van der Waals surface area contributed by atoms with E-state index in [4.69, 9.17) is 4.74 Å². The molecule has 0 aromatic heterocycles. The molecule has 0 aromatic rings. The van der Waals surface area contributed by atoms with Crippen molar-refractivity contribution in [2.75, 3.05) is 32.8 Å². The van der Waals surface area contributed by atoms with Crippen LogP contribution in [0.5, 0.6) is 0 Å². The molecule has 0 aliphatic carbocycles. The molecular weight excluding hydrogens is 252 g/mol. The first kappa shape index (κ1) is 15.8. The minimum absolute atomic E-state index is 0.0328. The average molecular weight is 282 g/mol. The predicted octanol–water partition coefficient (Wildman–Crippen LogP) is 2.28. The normalized spacial score (nSPS) is 27.2. The van der Waals surface area contributed by atoms with E-state index in [2.05, 4.69) is 16.7 Å². The number of likely N-dealkylation sites (tertiary alicyclic amines) is 2. The lowest BCUT2D eigenvalue weighted by molar-refractivity contribution is -0.149. The van der Waals surface area contributed by atoms with Gasteiger partial charge in [0.2, 0.25) is 0 Å². The molecule has 2 saturated heterocycles. The number of nitrogens with zero attached hydrogens (tertiary/aromatic N) is 2. The number of rotatable bonds is 5. The summed E-state index contributed by atoms with van der Waals surface area (Å²) in [6, 6.07) is 0.703. The van der Waals surface area contributed by atoms with Gasteiger partial charge in [0.15, 0.2) is 0 Å². The van der Waals surface area contributed by atoms with Crippen LogP contribution in [0.25, 0.3) is 0 Å². The smallest absolute Gasteiger partial charge is 0.323 e. The Morgan fingerprint density at radius 1 is 1.10 bits per heavy atom. The Labute approximate surface area is 123 Å². The standard InChI is InChI=1S/C16H30N2O2/c1-3-15(16(19)20-4-2)18-12-7-8-14(9-13-18)17-10-5-6-11-17/h14-15H,3-13H2,1-2H3/t14-,15-/m1/s1. The Morgan fingerprint density at radius 2 is 1.85 bits per heavy atom. The van der Waals surface area contributed by atoms with E-state index in [-0.39, 0.29) is 12.0 Å². The zero-order chi connectivity index (χ0) is 14.4. The van der Waals surface area contributed by atoms with Gasteiger partial charge in [-0.15, -0.1) is 0 Å². The maximum Gasteiger partial charge on any atom is 0.323 e. The third-order valence-corrected chi connectivity index (χ3v) is 4.78. The monoisotopic (exact) mass is 282 g/mol. The Kier molecular flexibility index (Phi) is 6.30. The lowest BCUT2D eigenvalue weighted by Crippen LogP contribution is -2.43. The molecule has 0 spiro atoms. The van der Waals surface area contributed by atoms with Crippen LogP contribution in [-0.4, -0.2) is 60.6 Å². The molecule has 4 heteroatoms. The van der Waals surface area contributed by atoms with Gasteiger partial charge in [0.25, 0.3) is 0 Å². The highest BCUT2D eigenvalue weighted by Crippen LogP contribution is 2.23. The molecule has 0 aromatic carbocycles. The Hall–Kier alpha value is -0.610. The van der Waals surface area contributed by atoms with Gasteiger partial charge < -0.3 is 9.64 Å². The number of ether oxygens (including phenoxy) is 1. The largest absolute Gasteiger partial charge is 0.465 e. The molecule has 0 bridgehead atoms. The molecule has 0 radical (unpaired) electrons. The molecule has 0 amide bonds. The van der Waals surface area contributed by atoms with Gasteiger partial charge in [-0.1, -0.05) is 6.92 Å². The van der Waals surface area contributed by atoms with Crippen LogP contribution in [0, 0.1) is 0 Å². The van der Waals surface area contributed by atoms with Crippen molar-refractivity contribution in [1.29, 1.82) is 0 Å². The van der Waals surface area contributed by atoms with E-state index in [0.717, 1.165) is 25.6 Å². The Morgan fingerprint density at radius 3 is 2.50 bits per heavy atom. The van der Waals surface area contributed by atoms with Gasteiger partial charge in [0.1, 0.15) is 6.04 Å². The summed E-state index contributed by atoms with van der Waals surface area (Å²) in [5.74, 6) is -0.0328. The van der Waals surface area contributed by atoms with E-state index in [1.165, 1.54) is 45.2 Å². The van der Waals surface area contributed by atoms with Gasteiger partial charge in [-0.05, 0) is 65.1 Å². The highest BCUT2D eigenvalue weighted by Gasteiger charge is 2.30. The number of esters is 1. The Balaban J connectivity index is 1.88. The molecule has 20 heavy (non-hydrogen) atoms. The van der Waals surface area contributed by atoms with Gasteiger partial charge in [0.05, 0.1) is 6.61 Å². The summed E-state index contributed by atoms with van der Waals surface area (Å²) < 4.78 is 5.22. The second kappa shape index (κ2) is 7.99. The second-order valence-corrected chi connectivity index (χ2v) is 6.04. The van der Waals surface area contributed by atoms with Gasteiger partial charge >= 0.3 is 5.97 Å². The average Bonchev–Trinajstić information content (AvgIpc) is 2.87. The van der Waals surface area contributed by atoms with E-state index in [0.29, 0.717) is 6.61 Å². The molecule has 0 saturated carbocycles. The lowest BCUT2D eigenvalue weighted by Gasteiger charge is -2.29. The number of carbonyl (C=O) groups excluding carboxylic acids is 1. The zero-order valence-corrected chi connectivity index (χ0v) is 13.1. The van der Waals surface area contributed by atoms with Crippen molar-refractivity contribution in [1.82, 2.24) is 9.80 Å². The van der Waals surface area contributed by atoms with Crippen molar-refractivity contribution >= 4 is 5.97 Å². The van der Waals surface area contributed by atoms with Crippen molar-refractivity contribution in [3.05, 3.63) is 0 Å². The molecule has 2 aliphatic heterocycles. The molecule has 116 valence electrons. The number of carbonyl (C=O) groups is 1.